The summed E-state index contributed by atoms with van der Waals surface area (Å²) in [6.07, 6.45) is 5.01. The van der Waals surface area contributed by atoms with Crippen molar-refractivity contribution < 1.29 is 33.2 Å². The Labute approximate surface area is 407 Å². The smallest absolute Gasteiger partial charge is 0.302 e. The highest BCUT2D eigenvalue weighted by molar-refractivity contribution is 7.13. The van der Waals surface area contributed by atoms with Gasteiger partial charge in [-0.25, -0.2) is 14.6 Å². The van der Waals surface area contributed by atoms with E-state index in [1.54, 1.807) is 22.3 Å². The summed E-state index contributed by atoms with van der Waals surface area (Å²) in [5.41, 5.74) is 10.9. The Morgan fingerprint density at radius 3 is 2.30 bits per heavy atom. The Hall–Kier alpha value is -6.72. The van der Waals surface area contributed by atoms with Gasteiger partial charge in [0.15, 0.2) is 0 Å². The Balaban J connectivity index is 0.945. The molecule has 1 aliphatic heterocycles. The number of benzene rings is 3. The number of carbonyl (C=O) groups excluding carboxylic acids is 4. The molecule has 1 saturated heterocycles. The molecule has 4 atom stereocenters. The molecule has 6 aromatic rings. The maximum atomic E-state index is 14.4. The fourth-order valence-corrected chi connectivity index (χ4v) is 9.62. The normalized spacial score (nSPS) is 15.7. The van der Waals surface area contributed by atoms with E-state index in [1.807, 2.05) is 90.4 Å². The number of amides is 3. The van der Waals surface area contributed by atoms with Crippen LogP contribution in [-0.4, -0.2) is 98.0 Å². The fraction of sp³-hybridized carbons (Fsp3) is 0.423. The van der Waals surface area contributed by atoms with Crippen LogP contribution in [0.1, 0.15) is 94.6 Å². The van der Waals surface area contributed by atoms with E-state index in [0.29, 0.717) is 13.0 Å². The molecule has 3 aromatic heterocycles. The topological polar surface area (TPSA) is 187 Å². The molecule has 1 fully saturated rings. The monoisotopic (exact) mass is 957 g/mol. The quantitative estimate of drug-likeness (QED) is 0.0583. The Morgan fingerprint density at radius 2 is 1.67 bits per heavy atom. The molecule has 1 aliphatic rings. The Bertz CT molecular complexity index is 2690. The number of esters is 1. The molecular weight excluding hydrogens is 895 g/mol. The van der Waals surface area contributed by atoms with Gasteiger partial charge < -0.3 is 34.4 Å². The number of nitrogens with zero attached hydrogens (tertiary/aromatic N) is 7. The zero-order chi connectivity index (χ0) is 49.4. The van der Waals surface area contributed by atoms with Crippen LogP contribution in [0.3, 0.4) is 0 Å². The van der Waals surface area contributed by atoms with Crippen LogP contribution < -0.4 is 15.5 Å². The standard InChI is InChI=1S/C52H63N9O7S/c1-32-13-14-40(47-34(3)58-68-36(47)5)25-44(32)59(41-19-21-42(22-20-41)61-30-53-29-55-61)23-11-10-12-24-66-28-46(63)57-49(52(7,8)9)51(65)60-27-43(67-37(6)62)26-45(60)50(64)56-33(2)38-15-17-39(18-16-38)48-35(4)54-31-69-48/h13-22,25,29-31,33,43,45,49H,10-12,23-24,26-28H2,1-9H3,(H,56,64)(H,57,63)/t33-,43+,45-,49+/m0/s1. The van der Waals surface area contributed by atoms with Crippen LogP contribution >= 0.6 is 11.3 Å². The first-order valence-corrected chi connectivity index (χ1v) is 24.3. The van der Waals surface area contributed by atoms with Crippen molar-refractivity contribution in [3.8, 4) is 27.3 Å². The number of anilines is 2. The third kappa shape index (κ3) is 12.3. The molecular formula is C52H63N9O7S. The van der Waals surface area contributed by atoms with E-state index < -0.39 is 41.4 Å². The van der Waals surface area contributed by atoms with Crippen molar-refractivity contribution in [1.82, 2.24) is 40.4 Å². The summed E-state index contributed by atoms with van der Waals surface area (Å²) in [6, 6.07) is 20.3. The summed E-state index contributed by atoms with van der Waals surface area (Å²) in [5.74, 6) is -0.994. The van der Waals surface area contributed by atoms with Crippen LogP contribution in [0.25, 0.3) is 27.3 Å². The lowest BCUT2D eigenvalue weighted by Crippen LogP contribution is -2.58. The molecule has 0 saturated carbocycles. The number of rotatable bonds is 19. The van der Waals surface area contributed by atoms with Gasteiger partial charge in [-0.2, -0.15) is 5.10 Å². The highest BCUT2D eigenvalue weighted by Crippen LogP contribution is 2.36. The second-order valence-electron chi connectivity index (χ2n) is 18.8. The largest absolute Gasteiger partial charge is 0.461 e. The summed E-state index contributed by atoms with van der Waals surface area (Å²) < 4.78 is 18.6. The van der Waals surface area contributed by atoms with Crippen molar-refractivity contribution in [2.24, 2.45) is 5.41 Å². The number of ether oxygens (including phenoxy) is 2. The number of unbranched alkanes of at least 4 members (excludes halogenated alkanes) is 2. The second-order valence-corrected chi connectivity index (χ2v) is 19.6. The van der Waals surface area contributed by atoms with Crippen LogP contribution in [0.5, 0.6) is 0 Å². The van der Waals surface area contributed by atoms with Gasteiger partial charge in [-0.05, 0) is 112 Å². The van der Waals surface area contributed by atoms with Crippen LogP contribution in [0, 0.1) is 33.1 Å². The number of aryl methyl sites for hydroxylation is 4. The molecule has 0 spiro atoms. The first kappa shape index (κ1) is 50.2. The van der Waals surface area contributed by atoms with Crippen LogP contribution in [0.2, 0.25) is 0 Å². The van der Waals surface area contributed by atoms with Crippen molar-refractivity contribution in [2.75, 3.05) is 31.2 Å². The third-order valence-corrected chi connectivity index (χ3v) is 13.4. The van der Waals surface area contributed by atoms with Crippen molar-refractivity contribution in [3.63, 3.8) is 0 Å². The van der Waals surface area contributed by atoms with Gasteiger partial charge in [0.1, 0.15) is 43.2 Å². The zero-order valence-corrected chi connectivity index (χ0v) is 41.8. The first-order valence-electron chi connectivity index (χ1n) is 23.4. The molecule has 364 valence electrons. The lowest BCUT2D eigenvalue weighted by molar-refractivity contribution is -0.147. The number of hydrogen-bond donors (Lipinski definition) is 2. The van der Waals surface area contributed by atoms with Crippen molar-refractivity contribution in [1.29, 1.82) is 0 Å². The number of hydrogen-bond acceptors (Lipinski definition) is 13. The molecule has 16 nitrogen and oxygen atoms in total. The highest BCUT2D eigenvalue weighted by Gasteiger charge is 2.46. The maximum absolute atomic E-state index is 14.4. The van der Waals surface area contributed by atoms with E-state index in [2.05, 4.69) is 73.0 Å². The van der Waals surface area contributed by atoms with Crippen LogP contribution in [0.4, 0.5) is 11.4 Å². The molecule has 0 bridgehead atoms. The molecule has 0 aliphatic carbocycles. The van der Waals surface area contributed by atoms with Crippen molar-refractivity contribution >= 4 is 46.4 Å². The summed E-state index contributed by atoms with van der Waals surface area (Å²) in [7, 11) is 0. The molecule has 2 N–H and O–H groups in total. The van der Waals surface area contributed by atoms with E-state index in [0.717, 1.165) is 86.3 Å². The summed E-state index contributed by atoms with van der Waals surface area (Å²) in [5, 5.41) is 14.4. The minimum Gasteiger partial charge on any atom is -0.461 e. The van der Waals surface area contributed by atoms with Gasteiger partial charge >= 0.3 is 5.97 Å². The second kappa shape index (κ2) is 22.1. The summed E-state index contributed by atoms with van der Waals surface area (Å²) in [4.78, 5) is 67.2. The van der Waals surface area contributed by atoms with Crippen molar-refractivity contribution in [3.05, 3.63) is 113 Å². The zero-order valence-electron chi connectivity index (χ0n) is 40.9. The highest BCUT2D eigenvalue weighted by atomic mass is 32.1. The average Bonchev–Trinajstić information content (AvgIpc) is 4.15. The van der Waals surface area contributed by atoms with E-state index in [4.69, 9.17) is 14.0 Å². The third-order valence-electron chi connectivity index (χ3n) is 12.4. The maximum Gasteiger partial charge on any atom is 0.302 e. The predicted octanol–water partition coefficient (Wildman–Crippen LogP) is 8.55. The van der Waals surface area contributed by atoms with Gasteiger partial charge in [-0.3, -0.25) is 19.2 Å². The number of nitrogens with one attached hydrogen (secondary N) is 2. The van der Waals surface area contributed by atoms with Gasteiger partial charge in [0.25, 0.3) is 0 Å². The minimum atomic E-state index is -0.990. The van der Waals surface area contributed by atoms with Gasteiger partial charge in [-0.15, -0.1) is 11.3 Å². The molecule has 69 heavy (non-hydrogen) atoms. The molecule has 4 heterocycles. The SMILES string of the molecule is CC(=O)O[C@@H]1C[C@@H](C(=O)N[C@@H](C)c2ccc(-c3scnc3C)cc2)N(C(=O)[C@@H](NC(=O)COCCCCCN(c2ccc(-n3cncn3)cc2)c2cc(-c3c(C)noc3C)ccc2C)C(C)(C)C)C1. The minimum absolute atomic E-state index is 0.0185. The molecule has 0 radical (unpaired) electrons. The van der Waals surface area contributed by atoms with Crippen molar-refractivity contribution in [2.45, 2.75) is 112 Å². The number of carbonyl (C=O) groups is 4. The Morgan fingerprint density at radius 1 is 0.928 bits per heavy atom. The number of likely N-dealkylation sites (tertiary alicyclic amines) is 1. The average molecular weight is 958 g/mol. The van der Waals surface area contributed by atoms with Crippen LogP contribution in [-0.2, 0) is 28.7 Å². The fourth-order valence-electron chi connectivity index (χ4n) is 8.80. The van der Waals surface area contributed by atoms with E-state index in [-0.39, 0.29) is 31.5 Å². The van der Waals surface area contributed by atoms with Gasteiger partial charge in [-0.1, -0.05) is 62.3 Å². The van der Waals surface area contributed by atoms with E-state index in [9.17, 15) is 19.2 Å². The summed E-state index contributed by atoms with van der Waals surface area (Å²) in [6.45, 7) is 17.5. The number of thiazole rings is 1. The molecule has 3 amide bonds. The molecule has 0 unspecified atom stereocenters. The van der Waals surface area contributed by atoms with E-state index >= 15 is 0 Å². The Kier molecular flexibility index (Phi) is 16.1. The molecule has 3 aromatic carbocycles. The molecule has 17 heteroatoms. The van der Waals surface area contributed by atoms with E-state index in [1.165, 1.54) is 18.2 Å². The predicted molar refractivity (Wildman–Crippen MR) is 265 cm³/mol. The number of aromatic nitrogens is 5. The van der Waals surface area contributed by atoms with Gasteiger partial charge in [0.2, 0.25) is 17.7 Å². The van der Waals surface area contributed by atoms with Crippen LogP contribution in [0.15, 0.2) is 89.4 Å². The van der Waals surface area contributed by atoms with Gasteiger partial charge in [0.05, 0.1) is 40.0 Å². The first-order chi connectivity index (χ1) is 33.0. The lowest BCUT2D eigenvalue weighted by Gasteiger charge is -2.35. The van der Waals surface area contributed by atoms with Gasteiger partial charge in [0, 0.05) is 43.4 Å². The lowest BCUT2D eigenvalue weighted by atomic mass is 9.85. The molecule has 7 rings (SSSR count). The summed E-state index contributed by atoms with van der Waals surface area (Å²) >= 11 is 1.57.